The molecule has 0 unspecified atom stereocenters. The number of rotatable bonds is 5. The number of furan rings is 1. The fraction of sp³-hybridized carbons (Fsp3) is 0.737. The third kappa shape index (κ3) is 3.35. The molecule has 3 aliphatic heterocycles. The highest BCUT2D eigenvalue weighted by molar-refractivity contribution is 5.95. The summed E-state index contributed by atoms with van der Waals surface area (Å²) in [7, 11) is 0. The molecule has 1 aromatic rings. The maximum absolute atomic E-state index is 12.8. The molecule has 138 valence electrons. The summed E-state index contributed by atoms with van der Waals surface area (Å²) in [5.41, 5.74) is 0.609. The van der Waals surface area contributed by atoms with Gasteiger partial charge in [0.15, 0.2) is 0 Å². The smallest absolute Gasteiger partial charge is 0.257 e. The van der Waals surface area contributed by atoms with Crippen LogP contribution in [0.15, 0.2) is 16.7 Å². The van der Waals surface area contributed by atoms with Gasteiger partial charge in [0.1, 0.15) is 5.76 Å². The summed E-state index contributed by atoms with van der Waals surface area (Å²) < 4.78 is 22.6. The van der Waals surface area contributed by atoms with Crippen molar-refractivity contribution in [3.63, 3.8) is 0 Å². The Hall–Kier alpha value is -1.37. The van der Waals surface area contributed by atoms with Crippen LogP contribution in [0.1, 0.15) is 29.0 Å². The molecule has 4 rings (SSSR count). The van der Waals surface area contributed by atoms with Crippen LogP contribution in [0, 0.1) is 24.2 Å². The maximum atomic E-state index is 12.8. The van der Waals surface area contributed by atoms with Gasteiger partial charge in [-0.25, -0.2) is 0 Å². The van der Waals surface area contributed by atoms with Crippen molar-refractivity contribution in [1.82, 2.24) is 4.90 Å². The Balaban J connectivity index is 1.37. The van der Waals surface area contributed by atoms with E-state index in [2.05, 4.69) is 0 Å². The summed E-state index contributed by atoms with van der Waals surface area (Å²) in [6.07, 6.45) is 3.74. The lowest BCUT2D eigenvalue weighted by atomic mass is 9.82. The first-order valence-electron chi connectivity index (χ1n) is 9.24. The van der Waals surface area contributed by atoms with Crippen LogP contribution in [0.25, 0.3) is 0 Å². The van der Waals surface area contributed by atoms with Crippen LogP contribution in [-0.4, -0.2) is 63.5 Å². The molecule has 0 aliphatic carbocycles. The first kappa shape index (κ1) is 17.1. The third-order valence-electron chi connectivity index (χ3n) is 5.98. The molecule has 3 aliphatic rings. The number of ether oxygens (including phenoxy) is 3. The number of amides is 1. The Kier molecular flexibility index (Phi) is 4.84. The SMILES string of the molecule is Cc1occc1C(=O)N1C[C@H]2COC[C@@]2(COCC2CCOCC2)C1. The van der Waals surface area contributed by atoms with Crippen molar-refractivity contribution in [1.29, 1.82) is 0 Å². The summed E-state index contributed by atoms with van der Waals surface area (Å²) in [4.78, 5) is 14.7. The number of aryl methyl sites for hydroxylation is 1. The fourth-order valence-corrected chi connectivity index (χ4v) is 4.31. The van der Waals surface area contributed by atoms with E-state index in [0.717, 1.165) is 45.8 Å². The molecule has 25 heavy (non-hydrogen) atoms. The monoisotopic (exact) mass is 349 g/mol. The molecule has 4 heterocycles. The van der Waals surface area contributed by atoms with Crippen LogP contribution in [0.5, 0.6) is 0 Å². The van der Waals surface area contributed by atoms with Gasteiger partial charge in [-0.05, 0) is 31.7 Å². The molecule has 0 N–H and O–H groups in total. The first-order valence-corrected chi connectivity index (χ1v) is 9.24. The van der Waals surface area contributed by atoms with Crippen molar-refractivity contribution < 1.29 is 23.4 Å². The average molecular weight is 349 g/mol. The molecule has 3 fully saturated rings. The number of likely N-dealkylation sites (tertiary alicyclic amines) is 1. The predicted molar refractivity (Wildman–Crippen MR) is 90.5 cm³/mol. The Morgan fingerprint density at radius 3 is 2.96 bits per heavy atom. The molecule has 6 heteroatoms. The topological polar surface area (TPSA) is 61.1 Å². The average Bonchev–Trinajstić information content (AvgIpc) is 3.29. The highest BCUT2D eigenvalue weighted by Gasteiger charge is 2.52. The molecule has 2 atom stereocenters. The first-order chi connectivity index (χ1) is 12.2. The fourth-order valence-electron chi connectivity index (χ4n) is 4.31. The molecular formula is C19H27NO5. The van der Waals surface area contributed by atoms with Crippen LogP contribution in [0.2, 0.25) is 0 Å². The Labute approximate surface area is 148 Å². The quantitative estimate of drug-likeness (QED) is 0.815. The van der Waals surface area contributed by atoms with E-state index in [0.29, 0.717) is 42.9 Å². The van der Waals surface area contributed by atoms with Gasteiger partial charge in [0.25, 0.3) is 5.91 Å². The van der Waals surface area contributed by atoms with Gasteiger partial charge >= 0.3 is 0 Å². The van der Waals surface area contributed by atoms with Crippen LogP contribution in [0.4, 0.5) is 0 Å². The second kappa shape index (κ2) is 7.09. The van der Waals surface area contributed by atoms with E-state index in [-0.39, 0.29) is 11.3 Å². The van der Waals surface area contributed by atoms with Crippen molar-refractivity contribution in [2.75, 3.05) is 52.7 Å². The van der Waals surface area contributed by atoms with Gasteiger partial charge in [-0.2, -0.15) is 0 Å². The van der Waals surface area contributed by atoms with Gasteiger partial charge in [-0.15, -0.1) is 0 Å². The van der Waals surface area contributed by atoms with Crippen LogP contribution in [0.3, 0.4) is 0 Å². The lowest BCUT2D eigenvalue weighted by Crippen LogP contribution is -2.38. The summed E-state index contributed by atoms with van der Waals surface area (Å²) in [5.74, 6) is 1.70. The second-order valence-electron chi connectivity index (χ2n) is 7.72. The predicted octanol–water partition coefficient (Wildman–Crippen LogP) is 2.12. The van der Waals surface area contributed by atoms with Crippen molar-refractivity contribution in [3.05, 3.63) is 23.7 Å². The second-order valence-corrected chi connectivity index (χ2v) is 7.72. The summed E-state index contributed by atoms with van der Waals surface area (Å²) in [6.45, 7) is 7.82. The highest BCUT2D eigenvalue weighted by Crippen LogP contribution is 2.42. The number of carbonyl (C=O) groups is 1. The minimum absolute atomic E-state index is 0.0571. The summed E-state index contributed by atoms with van der Waals surface area (Å²) >= 11 is 0. The minimum atomic E-state index is -0.0571. The Bertz CT molecular complexity index is 609. The number of hydrogen-bond donors (Lipinski definition) is 0. The normalized spacial score (nSPS) is 30.0. The maximum Gasteiger partial charge on any atom is 0.257 e. The number of nitrogens with zero attached hydrogens (tertiary/aromatic N) is 1. The van der Waals surface area contributed by atoms with Crippen LogP contribution >= 0.6 is 0 Å². The van der Waals surface area contributed by atoms with E-state index in [4.69, 9.17) is 18.6 Å². The van der Waals surface area contributed by atoms with Crippen molar-refractivity contribution in [2.45, 2.75) is 19.8 Å². The highest BCUT2D eigenvalue weighted by atomic mass is 16.5. The van der Waals surface area contributed by atoms with Gasteiger partial charge < -0.3 is 23.5 Å². The van der Waals surface area contributed by atoms with Gasteiger partial charge in [-0.3, -0.25) is 4.79 Å². The van der Waals surface area contributed by atoms with E-state index in [9.17, 15) is 4.79 Å². The molecule has 0 aromatic carbocycles. The van der Waals surface area contributed by atoms with Crippen molar-refractivity contribution in [2.24, 2.45) is 17.3 Å². The largest absolute Gasteiger partial charge is 0.469 e. The van der Waals surface area contributed by atoms with E-state index in [1.807, 2.05) is 11.8 Å². The lowest BCUT2D eigenvalue weighted by molar-refractivity contribution is -0.0150. The zero-order chi connectivity index (χ0) is 17.3. The van der Waals surface area contributed by atoms with Crippen molar-refractivity contribution >= 4 is 5.91 Å². The van der Waals surface area contributed by atoms with E-state index >= 15 is 0 Å². The van der Waals surface area contributed by atoms with E-state index in [1.165, 1.54) is 0 Å². The molecule has 3 saturated heterocycles. The molecule has 0 spiro atoms. The Morgan fingerprint density at radius 2 is 2.20 bits per heavy atom. The number of carbonyl (C=O) groups excluding carboxylic acids is 1. The molecule has 1 aromatic heterocycles. The van der Waals surface area contributed by atoms with E-state index < -0.39 is 0 Å². The zero-order valence-electron chi connectivity index (χ0n) is 14.9. The zero-order valence-corrected chi connectivity index (χ0v) is 14.9. The number of hydrogen-bond acceptors (Lipinski definition) is 5. The number of fused-ring (bicyclic) bond motifs is 1. The molecule has 0 bridgehead atoms. The van der Waals surface area contributed by atoms with Crippen LogP contribution < -0.4 is 0 Å². The molecule has 0 radical (unpaired) electrons. The Morgan fingerprint density at radius 1 is 1.36 bits per heavy atom. The summed E-state index contributed by atoms with van der Waals surface area (Å²) in [5, 5.41) is 0. The van der Waals surface area contributed by atoms with Gasteiger partial charge in [-0.1, -0.05) is 0 Å². The molecule has 6 nitrogen and oxygen atoms in total. The molecule has 0 saturated carbocycles. The standard InChI is InChI=1S/C19H27NO5/c1-14-17(4-7-25-14)18(21)20-8-16-10-24-13-19(16,11-20)12-23-9-15-2-5-22-6-3-15/h4,7,15-16H,2-3,5-6,8-13H2,1H3/t16-,19-/m0/s1. The van der Waals surface area contributed by atoms with Gasteiger partial charge in [0, 0.05) is 44.2 Å². The molecular weight excluding hydrogens is 322 g/mol. The summed E-state index contributed by atoms with van der Waals surface area (Å²) in [6, 6.07) is 1.76. The lowest BCUT2D eigenvalue weighted by Gasteiger charge is -2.29. The van der Waals surface area contributed by atoms with Gasteiger partial charge in [0.2, 0.25) is 0 Å². The van der Waals surface area contributed by atoms with Crippen LogP contribution in [-0.2, 0) is 14.2 Å². The minimum Gasteiger partial charge on any atom is -0.469 e. The van der Waals surface area contributed by atoms with E-state index in [1.54, 1.807) is 12.3 Å². The van der Waals surface area contributed by atoms with Gasteiger partial charge in [0.05, 0.1) is 31.6 Å². The third-order valence-corrected chi connectivity index (χ3v) is 5.98. The van der Waals surface area contributed by atoms with Crippen molar-refractivity contribution in [3.8, 4) is 0 Å². The molecule has 1 amide bonds.